The number of nitrogens with zero attached hydrogens (tertiary/aromatic N) is 1. The van der Waals surface area contributed by atoms with Crippen LogP contribution in [-0.2, 0) is 27.8 Å². The third-order valence-corrected chi connectivity index (χ3v) is 12.4. The van der Waals surface area contributed by atoms with Gasteiger partial charge in [0.25, 0.3) is 5.91 Å². The Labute approximate surface area is 261 Å². The fraction of sp³-hybridized carbons (Fsp3) is 0.606. The first-order valence-electron chi connectivity index (χ1n) is 15.6. The number of hydrogen-bond donors (Lipinski definition) is 2. The van der Waals surface area contributed by atoms with Crippen molar-refractivity contribution in [2.75, 3.05) is 31.7 Å². The van der Waals surface area contributed by atoms with E-state index in [2.05, 4.69) is 9.62 Å². The average molecular weight is 633 g/mol. The van der Waals surface area contributed by atoms with Crippen LogP contribution < -0.4 is 14.4 Å². The largest absolute Gasteiger partial charge is 0.487 e. The van der Waals surface area contributed by atoms with Crippen LogP contribution in [0.25, 0.3) is 0 Å². The summed E-state index contributed by atoms with van der Waals surface area (Å²) < 4.78 is 41.4. The number of halogens is 1. The zero-order valence-corrected chi connectivity index (χ0v) is 27.1. The first-order chi connectivity index (χ1) is 20.6. The predicted octanol–water partition coefficient (Wildman–Crippen LogP) is 5.73. The molecule has 0 unspecified atom stereocenters. The van der Waals surface area contributed by atoms with E-state index in [1.807, 2.05) is 25.1 Å². The van der Waals surface area contributed by atoms with E-state index in [1.165, 1.54) is 5.56 Å². The minimum Gasteiger partial charge on any atom is -0.487 e. The van der Waals surface area contributed by atoms with Crippen molar-refractivity contribution < 1.29 is 27.8 Å². The number of methoxy groups -OCH3 is 1. The molecule has 8 nitrogen and oxygen atoms in total. The normalized spacial score (nSPS) is 30.0. The molecule has 1 amide bonds. The smallest absolute Gasteiger partial charge is 0.264 e. The molecular weight excluding hydrogens is 588 g/mol. The van der Waals surface area contributed by atoms with Gasteiger partial charge < -0.3 is 19.5 Å². The molecule has 5 rings (SSSR count). The minimum atomic E-state index is -3.92. The van der Waals surface area contributed by atoms with Crippen LogP contribution >= 0.6 is 11.6 Å². The number of nitrogens with one attached hydrogen (secondary N) is 1. The molecule has 2 aliphatic heterocycles. The molecule has 43 heavy (non-hydrogen) atoms. The molecule has 3 aliphatic rings. The molecule has 0 aromatic heterocycles. The molecule has 1 aliphatic carbocycles. The lowest BCUT2D eigenvalue weighted by atomic mass is 9.63. The SMILES string of the molecule is CO[C@]1(CO)CCC[C@H](C)[C@@H](C)S(=O)(=O)NC(=O)c2ccc3c(c2)N(CCCCc2cc(Cl)ccc2CO3)C[C@@H]2CC[C@H]21. The summed E-state index contributed by atoms with van der Waals surface area (Å²) in [5, 5.41) is 10.6. The van der Waals surface area contributed by atoms with Gasteiger partial charge in [-0.25, -0.2) is 13.1 Å². The van der Waals surface area contributed by atoms with Crippen LogP contribution in [0.1, 0.15) is 80.3 Å². The monoisotopic (exact) mass is 632 g/mol. The number of carbonyl (C=O) groups excluding carboxylic acids is 1. The Bertz CT molecular complexity index is 1410. The molecule has 1 saturated carbocycles. The third kappa shape index (κ3) is 6.85. The third-order valence-electron chi connectivity index (χ3n) is 10.2. The molecule has 0 saturated heterocycles. The number of rotatable bonds is 2. The van der Waals surface area contributed by atoms with Gasteiger partial charge in [-0.15, -0.1) is 0 Å². The quantitative estimate of drug-likeness (QED) is 0.435. The van der Waals surface area contributed by atoms with Crippen molar-refractivity contribution in [2.45, 2.75) is 82.7 Å². The number of carbonyl (C=O) groups is 1. The van der Waals surface area contributed by atoms with E-state index < -0.39 is 26.8 Å². The standard InChI is InChI=1S/C33H45ClN2O6S/c1-22-7-6-15-33(21-37,41-3)29-13-10-26(29)19-36-16-5-4-8-24-17-28(34)12-9-27(24)20-42-31-14-11-25(18-30(31)36)32(38)35-43(39,40)23(22)2/h9,11-12,14,17-18,22-23,26,29,37H,4-8,10,13,15-16,19-21H2,1-3H3,(H,35,38)/t22-,23+,26-,29+,33-/m0/s1. The van der Waals surface area contributed by atoms with Gasteiger partial charge in [0.05, 0.1) is 23.1 Å². The van der Waals surface area contributed by atoms with Crippen molar-refractivity contribution in [2.24, 2.45) is 17.8 Å². The van der Waals surface area contributed by atoms with Gasteiger partial charge in [0.1, 0.15) is 12.4 Å². The Balaban J connectivity index is 1.56. The molecule has 2 heterocycles. The summed E-state index contributed by atoms with van der Waals surface area (Å²) >= 11 is 6.32. The number of benzene rings is 2. The van der Waals surface area contributed by atoms with Gasteiger partial charge in [-0.2, -0.15) is 0 Å². The van der Waals surface area contributed by atoms with Crippen molar-refractivity contribution >= 4 is 33.2 Å². The van der Waals surface area contributed by atoms with Crippen LogP contribution in [-0.4, -0.2) is 57.1 Å². The fourth-order valence-corrected chi connectivity index (χ4v) is 8.59. The van der Waals surface area contributed by atoms with Gasteiger partial charge in [-0.05, 0) is 111 Å². The Morgan fingerprint density at radius 3 is 2.63 bits per heavy atom. The maximum atomic E-state index is 13.4. The lowest BCUT2D eigenvalue weighted by Crippen LogP contribution is -2.54. The molecule has 1 fully saturated rings. The van der Waals surface area contributed by atoms with Crippen molar-refractivity contribution in [3.8, 4) is 5.75 Å². The molecule has 2 aromatic rings. The van der Waals surface area contributed by atoms with E-state index in [-0.39, 0.29) is 24.0 Å². The Kier molecular flexibility index (Phi) is 9.96. The average Bonchev–Trinajstić information content (AvgIpc) is 3.00. The highest BCUT2D eigenvalue weighted by Crippen LogP contribution is 2.47. The number of aliphatic hydroxyl groups is 1. The maximum absolute atomic E-state index is 13.4. The van der Waals surface area contributed by atoms with Crippen LogP contribution in [0.2, 0.25) is 5.02 Å². The van der Waals surface area contributed by atoms with Gasteiger partial charge >= 0.3 is 0 Å². The molecule has 2 N–H and O–H groups in total. The Morgan fingerprint density at radius 1 is 1.09 bits per heavy atom. The molecule has 5 atom stereocenters. The molecular formula is C33H45ClN2O6S. The summed E-state index contributed by atoms with van der Waals surface area (Å²) in [6.07, 6.45) is 6.77. The van der Waals surface area contributed by atoms with Crippen LogP contribution in [0.4, 0.5) is 5.69 Å². The van der Waals surface area contributed by atoms with Crippen LogP contribution in [0.5, 0.6) is 5.75 Å². The number of aryl methyl sites for hydroxylation is 1. The molecule has 0 radical (unpaired) electrons. The zero-order valence-electron chi connectivity index (χ0n) is 25.5. The van der Waals surface area contributed by atoms with Gasteiger partial charge in [-0.1, -0.05) is 31.0 Å². The fourth-order valence-electron chi connectivity index (χ4n) is 7.09. The highest BCUT2D eigenvalue weighted by Gasteiger charge is 2.48. The number of ether oxygens (including phenoxy) is 2. The molecule has 2 bridgehead atoms. The van der Waals surface area contributed by atoms with Crippen LogP contribution in [0.15, 0.2) is 36.4 Å². The number of fused-ring (bicyclic) bond motifs is 3. The highest BCUT2D eigenvalue weighted by atomic mass is 35.5. The van der Waals surface area contributed by atoms with E-state index in [1.54, 1.807) is 32.2 Å². The van der Waals surface area contributed by atoms with Crippen molar-refractivity contribution in [1.82, 2.24) is 4.72 Å². The first-order valence-corrected chi connectivity index (χ1v) is 17.5. The highest BCUT2D eigenvalue weighted by molar-refractivity contribution is 7.90. The van der Waals surface area contributed by atoms with E-state index in [4.69, 9.17) is 21.1 Å². The summed E-state index contributed by atoms with van der Waals surface area (Å²) in [6, 6.07) is 11.1. The minimum absolute atomic E-state index is 0.0758. The van der Waals surface area contributed by atoms with Crippen LogP contribution in [0.3, 0.4) is 0 Å². The molecule has 0 spiro atoms. The summed E-state index contributed by atoms with van der Waals surface area (Å²) in [4.78, 5) is 15.7. The van der Waals surface area contributed by atoms with Gasteiger partial charge in [0.15, 0.2) is 0 Å². The molecule has 2 aromatic carbocycles. The number of sulfonamides is 1. The topological polar surface area (TPSA) is 105 Å². The van der Waals surface area contributed by atoms with E-state index in [0.29, 0.717) is 36.1 Å². The van der Waals surface area contributed by atoms with E-state index in [0.717, 1.165) is 62.9 Å². The number of amides is 1. The Hall–Kier alpha value is -2.33. The lowest BCUT2D eigenvalue weighted by Gasteiger charge is -2.50. The second-order valence-electron chi connectivity index (χ2n) is 12.7. The summed E-state index contributed by atoms with van der Waals surface area (Å²) in [7, 11) is -2.24. The van der Waals surface area contributed by atoms with Crippen molar-refractivity contribution in [1.29, 1.82) is 0 Å². The molecule has 236 valence electrons. The van der Waals surface area contributed by atoms with E-state index in [9.17, 15) is 18.3 Å². The van der Waals surface area contributed by atoms with Crippen molar-refractivity contribution in [3.63, 3.8) is 0 Å². The summed E-state index contributed by atoms with van der Waals surface area (Å²) in [5.41, 5.74) is 2.61. The number of hydrogen-bond acceptors (Lipinski definition) is 7. The Morgan fingerprint density at radius 2 is 1.91 bits per heavy atom. The maximum Gasteiger partial charge on any atom is 0.264 e. The van der Waals surface area contributed by atoms with Gasteiger partial charge in [0.2, 0.25) is 10.0 Å². The summed E-state index contributed by atoms with van der Waals surface area (Å²) in [5.74, 6) is 0.290. The lowest BCUT2D eigenvalue weighted by molar-refractivity contribution is -0.141. The number of aliphatic hydroxyl groups excluding tert-OH is 1. The van der Waals surface area contributed by atoms with Crippen LogP contribution in [0, 0.1) is 17.8 Å². The summed E-state index contributed by atoms with van der Waals surface area (Å²) in [6.45, 7) is 5.29. The zero-order chi connectivity index (χ0) is 30.8. The molecule has 10 heteroatoms. The first kappa shape index (κ1) is 32.1. The predicted molar refractivity (Wildman–Crippen MR) is 169 cm³/mol. The van der Waals surface area contributed by atoms with E-state index >= 15 is 0 Å². The number of anilines is 1. The van der Waals surface area contributed by atoms with Gasteiger partial charge in [0, 0.05) is 30.8 Å². The van der Waals surface area contributed by atoms with Crippen molar-refractivity contribution in [3.05, 3.63) is 58.1 Å². The van der Waals surface area contributed by atoms with Gasteiger partial charge in [-0.3, -0.25) is 4.79 Å². The second-order valence-corrected chi connectivity index (χ2v) is 15.2. The second kappa shape index (κ2) is 13.3.